The molecule has 0 aliphatic carbocycles. The fourth-order valence-electron chi connectivity index (χ4n) is 3.15. The van der Waals surface area contributed by atoms with E-state index < -0.39 is 6.04 Å². The first-order valence-electron chi connectivity index (χ1n) is 9.39. The quantitative estimate of drug-likeness (QED) is 0.697. The van der Waals surface area contributed by atoms with Crippen LogP contribution in [0, 0.1) is 12.7 Å². The zero-order valence-corrected chi connectivity index (χ0v) is 17.0. The Bertz CT molecular complexity index is 1050. The van der Waals surface area contributed by atoms with Gasteiger partial charge in [-0.1, -0.05) is 30.3 Å². The molecule has 1 heterocycles. The van der Waals surface area contributed by atoms with Gasteiger partial charge in [0.1, 0.15) is 11.5 Å². The SMILES string of the molecule is Cc1c(NC(=O)C(C)N(C)Cc2ccc(F)cc2)c(=O)n(-c2ccccc2)n1C. The highest BCUT2D eigenvalue weighted by atomic mass is 19.1. The summed E-state index contributed by atoms with van der Waals surface area (Å²) in [6.07, 6.45) is 0. The predicted molar refractivity (Wildman–Crippen MR) is 112 cm³/mol. The molecule has 0 fully saturated rings. The lowest BCUT2D eigenvalue weighted by Crippen LogP contribution is -2.40. The summed E-state index contributed by atoms with van der Waals surface area (Å²) < 4.78 is 16.3. The van der Waals surface area contributed by atoms with Gasteiger partial charge in [0.2, 0.25) is 5.91 Å². The van der Waals surface area contributed by atoms with E-state index in [9.17, 15) is 14.0 Å². The van der Waals surface area contributed by atoms with Gasteiger partial charge in [-0.3, -0.25) is 19.2 Å². The Morgan fingerprint density at radius 2 is 1.76 bits per heavy atom. The Hall–Kier alpha value is -3.19. The summed E-state index contributed by atoms with van der Waals surface area (Å²) in [5, 5.41) is 2.79. The van der Waals surface area contributed by atoms with Crippen molar-refractivity contribution >= 4 is 11.6 Å². The van der Waals surface area contributed by atoms with Crippen molar-refractivity contribution in [3.05, 3.63) is 82.0 Å². The first-order chi connectivity index (χ1) is 13.8. The summed E-state index contributed by atoms with van der Waals surface area (Å²) in [7, 11) is 3.59. The van der Waals surface area contributed by atoms with E-state index in [2.05, 4.69) is 5.32 Å². The minimum absolute atomic E-state index is 0.267. The van der Waals surface area contributed by atoms with Crippen LogP contribution < -0.4 is 10.9 Å². The molecule has 0 radical (unpaired) electrons. The van der Waals surface area contributed by atoms with Gasteiger partial charge in [0.25, 0.3) is 5.56 Å². The first kappa shape index (κ1) is 20.5. The van der Waals surface area contributed by atoms with Gasteiger partial charge < -0.3 is 5.32 Å². The molecule has 2 aromatic carbocycles. The number of halogens is 1. The van der Waals surface area contributed by atoms with E-state index in [0.717, 1.165) is 11.3 Å². The van der Waals surface area contributed by atoms with Crippen molar-refractivity contribution in [2.24, 2.45) is 7.05 Å². The number of nitrogens with zero attached hydrogens (tertiary/aromatic N) is 3. The number of hydrogen-bond donors (Lipinski definition) is 1. The molecule has 29 heavy (non-hydrogen) atoms. The number of aromatic nitrogens is 2. The predicted octanol–water partition coefficient (Wildman–Crippen LogP) is 3.08. The Balaban J connectivity index is 1.78. The van der Waals surface area contributed by atoms with E-state index in [1.165, 1.54) is 16.8 Å². The minimum atomic E-state index is -0.482. The molecule has 0 bridgehead atoms. The summed E-state index contributed by atoms with van der Waals surface area (Å²) in [5.74, 6) is -0.572. The van der Waals surface area contributed by atoms with Gasteiger partial charge in [-0.25, -0.2) is 9.07 Å². The van der Waals surface area contributed by atoms with Crippen LogP contribution in [0.3, 0.4) is 0 Å². The summed E-state index contributed by atoms with van der Waals surface area (Å²) in [6, 6.07) is 15.0. The van der Waals surface area contributed by atoms with Gasteiger partial charge in [0.15, 0.2) is 0 Å². The van der Waals surface area contributed by atoms with E-state index >= 15 is 0 Å². The fourth-order valence-corrected chi connectivity index (χ4v) is 3.15. The standard InChI is InChI=1S/C22H25FN4O2/c1-15-20(22(29)27(26(15)4)19-8-6-5-7-9-19)24-21(28)16(2)25(3)14-17-10-12-18(23)13-11-17/h5-13,16H,14H2,1-4H3,(H,24,28). The van der Waals surface area contributed by atoms with Gasteiger partial charge in [0.05, 0.1) is 17.4 Å². The lowest BCUT2D eigenvalue weighted by atomic mass is 10.2. The van der Waals surface area contributed by atoms with Crippen molar-refractivity contribution < 1.29 is 9.18 Å². The molecule has 0 aliphatic heterocycles. The topological polar surface area (TPSA) is 59.3 Å². The third-order valence-corrected chi connectivity index (χ3v) is 5.19. The smallest absolute Gasteiger partial charge is 0.295 e. The molecule has 1 amide bonds. The Morgan fingerprint density at radius 3 is 2.38 bits per heavy atom. The van der Waals surface area contributed by atoms with Crippen molar-refractivity contribution in [3.63, 3.8) is 0 Å². The molecule has 3 aromatic rings. The highest BCUT2D eigenvalue weighted by Gasteiger charge is 2.23. The molecule has 7 heteroatoms. The van der Waals surface area contributed by atoms with Crippen LogP contribution in [0.1, 0.15) is 18.2 Å². The summed E-state index contributed by atoms with van der Waals surface area (Å²) in [5.41, 5.74) is 2.28. The number of amides is 1. The van der Waals surface area contributed by atoms with Crippen molar-refractivity contribution in [3.8, 4) is 5.69 Å². The van der Waals surface area contributed by atoms with E-state index in [-0.39, 0.29) is 23.0 Å². The summed E-state index contributed by atoms with van der Waals surface area (Å²) in [4.78, 5) is 27.6. The molecule has 0 spiro atoms. The van der Waals surface area contributed by atoms with Crippen molar-refractivity contribution in [2.45, 2.75) is 26.4 Å². The molecule has 0 aliphatic rings. The molecule has 0 saturated heterocycles. The Morgan fingerprint density at radius 1 is 1.14 bits per heavy atom. The van der Waals surface area contributed by atoms with E-state index in [0.29, 0.717) is 12.2 Å². The number of benzene rings is 2. The molecule has 1 N–H and O–H groups in total. The summed E-state index contributed by atoms with van der Waals surface area (Å²) in [6.45, 7) is 4.05. The maximum absolute atomic E-state index is 13.1. The molecule has 0 saturated carbocycles. The highest BCUT2D eigenvalue weighted by Crippen LogP contribution is 2.15. The number of nitrogens with one attached hydrogen (secondary N) is 1. The number of carbonyl (C=O) groups excluding carboxylic acids is 1. The third-order valence-electron chi connectivity index (χ3n) is 5.19. The van der Waals surface area contributed by atoms with Crippen LogP contribution in [0.15, 0.2) is 59.4 Å². The summed E-state index contributed by atoms with van der Waals surface area (Å²) >= 11 is 0. The third kappa shape index (κ3) is 4.30. The lowest BCUT2D eigenvalue weighted by Gasteiger charge is -2.23. The Kier molecular flexibility index (Phi) is 5.98. The monoisotopic (exact) mass is 396 g/mol. The van der Waals surface area contributed by atoms with Crippen LogP contribution in [-0.4, -0.2) is 33.3 Å². The number of anilines is 1. The molecule has 152 valence electrons. The van der Waals surface area contributed by atoms with Crippen LogP contribution in [0.2, 0.25) is 0 Å². The second-order valence-corrected chi connectivity index (χ2v) is 7.14. The first-order valence-corrected chi connectivity index (χ1v) is 9.39. The van der Waals surface area contributed by atoms with Crippen LogP contribution in [0.25, 0.3) is 5.69 Å². The van der Waals surface area contributed by atoms with Crippen LogP contribution in [0.5, 0.6) is 0 Å². The van der Waals surface area contributed by atoms with E-state index in [1.54, 1.807) is 37.7 Å². The highest BCUT2D eigenvalue weighted by molar-refractivity contribution is 5.94. The average molecular weight is 396 g/mol. The van der Waals surface area contributed by atoms with E-state index in [1.807, 2.05) is 42.3 Å². The van der Waals surface area contributed by atoms with Gasteiger partial charge in [0, 0.05) is 13.6 Å². The molecule has 1 unspecified atom stereocenters. The lowest BCUT2D eigenvalue weighted by molar-refractivity contribution is -0.120. The average Bonchev–Trinajstić information content (AvgIpc) is 2.92. The molecule has 1 atom stereocenters. The zero-order valence-electron chi connectivity index (χ0n) is 17.0. The number of para-hydroxylation sites is 1. The maximum Gasteiger partial charge on any atom is 0.295 e. The zero-order chi connectivity index (χ0) is 21.1. The van der Waals surface area contributed by atoms with Crippen LogP contribution in [0.4, 0.5) is 10.1 Å². The van der Waals surface area contributed by atoms with Gasteiger partial charge in [-0.15, -0.1) is 0 Å². The molecular weight excluding hydrogens is 371 g/mol. The molecule has 6 nitrogen and oxygen atoms in total. The fraction of sp³-hybridized carbons (Fsp3) is 0.273. The molecular formula is C22H25FN4O2. The molecule has 1 aromatic heterocycles. The van der Waals surface area contributed by atoms with Crippen molar-refractivity contribution in [2.75, 3.05) is 12.4 Å². The normalized spacial score (nSPS) is 12.2. The number of carbonyl (C=O) groups is 1. The Labute approximate surface area is 169 Å². The second kappa shape index (κ2) is 8.45. The largest absolute Gasteiger partial charge is 0.319 e. The van der Waals surface area contributed by atoms with Gasteiger partial charge in [-0.05, 0) is 50.7 Å². The number of rotatable bonds is 6. The van der Waals surface area contributed by atoms with Crippen LogP contribution >= 0.6 is 0 Å². The van der Waals surface area contributed by atoms with Crippen molar-refractivity contribution in [1.29, 1.82) is 0 Å². The number of hydrogen-bond acceptors (Lipinski definition) is 3. The van der Waals surface area contributed by atoms with Crippen LogP contribution in [-0.2, 0) is 18.4 Å². The van der Waals surface area contributed by atoms with Gasteiger partial charge in [-0.2, -0.15) is 0 Å². The second-order valence-electron chi connectivity index (χ2n) is 7.14. The van der Waals surface area contributed by atoms with Crippen molar-refractivity contribution in [1.82, 2.24) is 14.3 Å². The van der Waals surface area contributed by atoms with E-state index in [4.69, 9.17) is 0 Å². The molecule has 3 rings (SSSR count). The number of likely N-dealkylation sites (N-methyl/N-ethyl adjacent to an activating group) is 1. The minimum Gasteiger partial charge on any atom is -0.319 e. The van der Waals surface area contributed by atoms with Gasteiger partial charge >= 0.3 is 0 Å². The maximum atomic E-state index is 13.1.